The number of halogens is 2. The molecule has 2 fully saturated rings. The molecule has 2 aromatic heterocycles. The largest absolute Gasteiger partial charge is 0.359 e. The zero-order valence-corrected chi connectivity index (χ0v) is 22.0. The van der Waals surface area contributed by atoms with E-state index in [2.05, 4.69) is 25.9 Å². The second-order valence-corrected chi connectivity index (χ2v) is 9.94. The molecule has 1 amide bonds. The molecule has 208 valence electrons. The molecule has 1 aromatic carbocycles. The van der Waals surface area contributed by atoms with Gasteiger partial charge >= 0.3 is 11.1 Å². The van der Waals surface area contributed by atoms with Gasteiger partial charge in [-0.15, -0.1) is 0 Å². The summed E-state index contributed by atoms with van der Waals surface area (Å²) in [4.78, 5) is 49.0. The summed E-state index contributed by atoms with van der Waals surface area (Å²) in [5.74, 6) is -2.00. The number of piperidine rings is 1. The number of rotatable bonds is 8. The maximum Gasteiger partial charge on any atom is 0.317 e. The van der Waals surface area contributed by atoms with Gasteiger partial charge in [0.25, 0.3) is 5.92 Å². The average molecular weight is 543 g/mol. The second kappa shape index (κ2) is 10.7. The van der Waals surface area contributed by atoms with Crippen molar-refractivity contribution >= 4 is 34.4 Å². The summed E-state index contributed by atoms with van der Waals surface area (Å²) in [6.07, 6.45) is 1.89. The van der Waals surface area contributed by atoms with Gasteiger partial charge in [0, 0.05) is 76.5 Å². The third-order valence-corrected chi connectivity index (χ3v) is 7.41. The maximum atomic E-state index is 13.7. The van der Waals surface area contributed by atoms with Crippen molar-refractivity contribution in [3.05, 3.63) is 50.7 Å². The molecule has 5 rings (SSSR count). The molecule has 0 aliphatic carbocycles. The molecule has 13 heteroatoms. The van der Waals surface area contributed by atoms with Gasteiger partial charge in [-0.3, -0.25) is 19.0 Å². The van der Waals surface area contributed by atoms with Crippen LogP contribution >= 0.6 is 0 Å². The lowest BCUT2D eigenvalue weighted by atomic mass is 10.1. The quantitative estimate of drug-likeness (QED) is 0.368. The van der Waals surface area contributed by atoms with Crippen LogP contribution in [0.3, 0.4) is 0 Å². The third kappa shape index (κ3) is 5.35. The number of aromatic nitrogens is 4. The summed E-state index contributed by atoms with van der Waals surface area (Å²) in [5.41, 5.74) is 1.28. The van der Waals surface area contributed by atoms with E-state index in [1.165, 1.54) is 16.2 Å². The first-order chi connectivity index (χ1) is 18.7. The lowest BCUT2D eigenvalue weighted by Crippen LogP contribution is -2.51. The van der Waals surface area contributed by atoms with Crippen LogP contribution in [0.4, 0.5) is 26.2 Å². The fourth-order valence-corrected chi connectivity index (χ4v) is 4.92. The van der Waals surface area contributed by atoms with E-state index >= 15 is 0 Å². The molecule has 4 heterocycles. The Morgan fingerprint density at radius 3 is 2.54 bits per heavy atom. The van der Waals surface area contributed by atoms with Crippen LogP contribution in [-0.2, 0) is 17.8 Å². The summed E-state index contributed by atoms with van der Waals surface area (Å²) in [6.45, 7) is 3.52. The number of fused-ring (bicyclic) bond motifs is 1. The van der Waals surface area contributed by atoms with Crippen molar-refractivity contribution in [2.75, 3.05) is 43.4 Å². The molecular weight excluding hydrogens is 510 g/mol. The Hall–Kier alpha value is -3.87. The average Bonchev–Trinajstić information content (AvgIpc) is 2.90. The number of alkyl halides is 2. The Morgan fingerprint density at radius 1 is 1.15 bits per heavy atom. The molecule has 2 aliphatic rings. The Labute approximate surface area is 223 Å². The highest BCUT2D eigenvalue weighted by Gasteiger charge is 2.35. The highest BCUT2D eigenvalue weighted by molar-refractivity contribution is 5.82. The standard InChI is InChI=1S/C26H32F2N8O3/c1-3-16-13-31-25(34-10-7-26(27,28)8-11-34)33-22(16)32-17-4-5-19-20(12-17)35(9-6-21(37)29-2)23(38)24(39)36(19)18-14-30-15-18/h4-5,12-13,18,30H,3,6-11,14-15H2,1-2H3,(H,29,37)(H,31,32,33). The normalized spacial score (nSPS) is 17.2. The van der Waals surface area contributed by atoms with E-state index in [4.69, 9.17) is 0 Å². The summed E-state index contributed by atoms with van der Waals surface area (Å²) in [6, 6.07) is 5.23. The first kappa shape index (κ1) is 26.7. The molecule has 0 bridgehead atoms. The minimum atomic E-state index is -2.67. The molecule has 0 spiro atoms. The molecular formula is C26H32F2N8O3. The number of hydrogen-bond donors (Lipinski definition) is 3. The zero-order chi connectivity index (χ0) is 27.7. The molecule has 3 N–H and O–H groups in total. The van der Waals surface area contributed by atoms with Gasteiger partial charge in [-0.05, 0) is 24.6 Å². The lowest BCUT2D eigenvalue weighted by Gasteiger charge is -2.32. The van der Waals surface area contributed by atoms with Gasteiger partial charge in [0.05, 0.1) is 17.1 Å². The van der Waals surface area contributed by atoms with E-state index in [0.717, 1.165) is 5.56 Å². The molecule has 0 saturated carbocycles. The SMILES string of the molecule is CCc1cnc(N2CCC(F)(F)CC2)nc1Nc1ccc2c(c1)n(CCC(=O)NC)c(=O)c(=O)n2C1CNC1. The second-order valence-electron chi connectivity index (χ2n) is 9.94. The summed E-state index contributed by atoms with van der Waals surface area (Å²) >= 11 is 0. The van der Waals surface area contributed by atoms with E-state index in [-0.39, 0.29) is 50.8 Å². The van der Waals surface area contributed by atoms with E-state index in [9.17, 15) is 23.2 Å². The van der Waals surface area contributed by atoms with Crippen LogP contribution in [-0.4, -0.2) is 64.2 Å². The van der Waals surface area contributed by atoms with Gasteiger partial charge in [0.2, 0.25) is 11.9 Å². The number of nitrogens with one attached hydrogen (secondary N) is 3. The number of carbonyl (C=O) groups is 1. The number of anilines is 3. The van der Waals surface area contributed by atoms with Gasteiger partial charge in [0.1, 0.15) is 5.82 Å². The van der Waals surface area contributed by atoms with E-state index in [1.54, 1.807) is 29.3 Å². The maximum absolute atomic E-state index is 13.7. The monoisotopic (exact) mass is 542 g/mol. The van der Waals surface area contributed by atoms with Crippen molar-refractivity contribution in [2.45, 2.75) is 51.1 Å². The van der Waals surface area contributed by atoms with E-state index < -0.39 is 17.0 Å². The molecule has 0 radical (unpaired) electrons. The van der Waals surface area contributed by atoms with Crippen LogP contribution in [0.2, 0.25) is 0 Å². The van der Waals surface area contributed by atoms with Crippen molar-refractivity contribution in [2.24, 2.45) is 0 Å². The first-order valence-electron chi connectivity index (χ1n) is 13.2. The van der Waals surface area contributed by atoms with Crippen LogP contribution in [0.15, 0.2) is 34.0 Å². The fourth-order valence-electron chi connectivity index (χ4n) is 4.92. The predicted molar refractivity (Wildman–Crippen MR) is 144 cm³/mol. The van der Waals surface area contributed by atoms with Crippen LogP contribution in [0.5, 0.6) is 0 Å². The van der Waals surface area contributed by atoms with Crippen molar-refractivity contribution in [3.63, 3.8) is 0 Å². The molecule has 0 atom stereocenters. The fraction of sp³-hybridized carbons (Fsp3) is 0.500. The molecule has 39 heavy (non-hydrogen) atoms. The highest BCUT2D eigenvalue weighted by Crippen LogP contribution is 2.31. The van der Waals surface area contributed by atoms with Crippen LogP contribution in [0.1, 0.15) is 37.8 Å². The van der Waals surface area contributed by atoms with Gasteiger partial charge in [-0.2, -0.15) is 4.98 Å². The Morgan fingerprint density at radius 2 is 1.90 bits per heavy atom. The molecule has 11 nitrogen and oxygen atoms in total. The Bertz CT molecular complexity index is 1510. The number of amides is 1. The molecule has 2 saturated heterocycles. The smallest absolute Gasteiger partial charge is 0.317 e. The highest BCUT2D eigenvalue weighted by atomic mass is 19.3. The molecule has 3 aromatic rings. The number of benzene rings is 1. The number of carbonyl (C=O) groups excluding carboxylic acids is 1. The van der Waals surface area contributed by atoms with Crippen molar-refractivity contribution in [3.8, 4) is 0 Å². The third-order valence-electron chi connectivity index (χ3n) is 7.41. The van der Waals surface area contributed by atoms with E-state index in [1.807, 2.05) is 6.92 Å². The molecule has 0 unspecified atom stereocenters. The van der Waals surface area contributed by atoms with Gasteiger partial charge < -0.3 is 25.4 Å². The first-order valence-corrected chi connectivity index (χ1v) is 13.2. The summed E-state index contributed by atoms with van der Waals surface area (Å²) in [7, 11) is 1.52. The number of nitrogens with zero attached hydrogens (tertiary/aromatic N) is 5. The molecule has 2 aliphatic heterocycles. The van der Waals surface area contributed by atoms with E-state index in [0.29, 0.717) is 48.0 Å². The van der Waals surface area contributed by atoms with Crippen molar-refractivity contribution in [1.82, 2.24) is 29.7 Å². The van der Waals surface area contributed by atoms with Gasteiger partial charge in [0.15, 0.2) is 0 Å². The lowest BCUT2D eigenvalue weighted by molar-refractivity contribution is -0.120. The number of hydrogen-bond acceptors (Lipinski definition) is 8. The van der Waals surface area contributed by atoms with Crippen molar-refractivity contribution in [1.29, 1.82) is 0 Å². The topological polar surface area (TPSA) is 126 Å². The zero-order valence-electron chi connectivity index (χ0n) is 22.0. The van der Waals surface area contributed by atoms with Gasteiger partial charge in [-0.25, -0.2) is 13.8 Å². The number of aryl methyl sites for hydroxylation is 2. The van der Waals surface area contributed by atoms with Crippen LogP contribution in [0.25, 0.3) is 11.0 Å². The van der Waals surface area contributed by atoms with Crippen LogP contribution < -0.4 is 32.0 Å². The van der Waals surface area contributed by atoms with Crippen molar-refractivity contribution < 1.29 is 13.6 Å². The summed E-state index contributed by atoms with van der Waals surface area (Å²) < 4.78 is 30.2. The predicted octanol–water partition coefficient (Wildman–Crippen LogP) is 1.78. The Balaban J connectivity index is 1.53. The van der Waals surface area contributed by atoms with Gasteiger partial charge in [-0.1, -0.05) is 6.92 Å². The van der Waals surface area contributed by atoms with Crippen LogP contribution in [0, 0.1) is 0 Å². The minimum absolute atomic E-state index is 0.0434. The summed E-state index contributed by atoms with van der Waals surface area (Å²) in [5, 5.41) is 8.98. The Kier molecular flexibility index (Phi) is 7.34. The minimum Gasteiger partial charge on any atom is -0.359 e.